The molecule has 0 aliphatic carbocycles. The van der Waals surface area contributed by atoms with Gasteiger partial charge in [0.25, 0.3) is 0 Å². The summed E-state index contributed by atoms with van der Waals surface area (Å²) in [5.41, 5.74) is 1.63. The first-order valence-corrected chi connectivity index (χ1v) is 8.90. The summed E-state index contributed by atoms with van der Waals surface area (Å²) in [6.07, 6.45) is 3.28. The number of hydrogen-bond donors (Lipinski definition) is 0. The van der Waals surface area contributed by atoms with E-state index in [0.717, 1.165) is 42.9 Å². The van der Waals surface area contributed by atoms with Crippen LogP contribution in [0.1, 0.15) is 44.4 Å². The molecular formula is C15H23ClN2O2S. The van der Waals surface area contributed by atoms with Crippen molar-refractivity contribution in [1.82, 2.24) is 10.1 Å². The molecule has 118 valence electrons. The van der Waals surface area contributed by atoms with Gasteiger partial charge < -0.3 is 9.42 Å². The standard InChI is InChI=1S/C15H23ClN2O2S/c1-4-15(5-2)10-18(8-9-21-15)13(19)7-6-12-11(3)17-20-14(12)16/h4-10H2,1-3H3. The molecule has 1 aliphatic rings. The zero-order chi connectivity index (χ0) is 15.5. The van der Waals surface area contributed by atoms with Crippen LogP contribution in [0.15, 0.2) is 4.52 Å². The van der Waals surface area contributed by atoms with E-state index in [1.807, 2.05) is 23.6 Å². The average Bonchev–Trinajstić information content (AvgIpc) is 2.83. The molecule has 2 rings (SSSR count). The van der Waals surface area contributed by atoms with Crippen molar-refractivity contribution >= 4 is 29.3 Å². The summed E-state index contributed by atoms with van der Waals surface area (Å²) in [6, 6.07) is 0. The highest BCUT2D eigenvalue weighted by molar-refractivity contribution is 8.00. The zero-order valence-corrected chi connectivity index (χ0v) is 14.5. The number of nitrogens with zero attached hydrogens (tertiary/aromatic N) is 2. The largest absolute Gasteiger partial charge is 0.344 e. The van der Waals surface area contributed by atoms with Gasteiger partial charge >= 0.3 is 0 Å². The molecular weight excluding hydrogens is 308 g/mol. The summed E-state index contributed by atoms with van der Waals surface area (Å²) >= 11 is 7.96. The molecule has 21 heavy (non-hydrogen) atoms. The van der Waals surface area contributed by atoms with Crippen LogP contribution in [-0.4, -0.2) is 39.6 Å². The molecule has 0 N–H and O–H groups in total. The van der Waals surface area contributed by atoms with Gasteiger partial charge in [-0.2, -0.15) is 11.8 Å². The van der Waals surface area contributed by atoms with Gasteiger partial charge in [-0.1, -0.05) is 19.0 Å². The number of rotatable bonds is 5. The van der Waals surface area contributed by atoms with Crippen molar-refractivity contribution < 1.29 is 9.32 Å². The monoisotopic (exact) mass is 330 g/mol. The SMILES string of the molecule is CCC1(CC)CN(C(=O)CCc2c(C)noc2Cl)CCS1. The van der Waals surface area contributed by atoms with E-state index in [1.54, 1.807) is 0 Å². The second-order valence-electron chi connectivity index (χ2n) is 5.57. The van der Waals surface area contributed by atoms with E-state index in [1.165, 1.54) is 0 Å². The van der Waals surface area contributed by atoms with Crippen LogP contribution >= 0.6 is 23.4 Å². The molecule has 0 radical (unpaired) electrons. The van der Waals surface area contributed by atoms with Gasteiger partial charge in [0.15, 0.2) is 0 Å². The maximum Gasteiger partial charge on any atom is 0.229 e. The molecule has 4 nitrogen and oxygen atoms in total. The average molecular weight is 331 g/mol. The number of amides is 1. The van der Waals surface area contributed by atoms with Crippen LogP contribution in [0.2, 0.25) is 5.22 Å². The fraction of sp³-hybridized carbons (Fsp3) is 0.733. The third-order valence-corrected chi connectivity index (χ3v) is 6.42. The summed E-state index contributed by atoms with van der Waals surface area (Å²) in [5, 5.41) is 4.13. The van der Waals surface area contributed by atoms with Crippen LogP contribution in [0.3, 0.4) is 0 Å². The van der Waals surface area contributed by atoms with Crippen LogP contribution in [0, 0.1) is 6.92 Å². The van der Waals surface area contributed by atoms with Gasteiger partial charge in [0, 0.05) is 35.6 Å². The Morgan fingerprint density at radius 3 is 2.76 bits per heavy atom. The van der Waals surface area contributed by atoms with Gasteiger partial charge in [-0.3, -0.25) is 4.79 Å². The summed E-state index contributed by atoms with van der Waals surface area (Å²) in [4.78, 5) is 14.5. The molecule has 0 spiro atoms. The highest BCUT2D eigenvalue weighted by atomic mass is 35.5. The van der Waals surface area contributed by atoms with Gasteiger partial charge in [0.2, 0.25) is 11.1 Å². The first-order valence-electron chi connectivity index (χ1n) is 7.53. The Morgan fingerprint density at radius 2 is 2.19 bits per heavy atom. The summed E-state index contributed by atoms with van der Waals surface area (Å²) in [5.74, 6) is 1.23. The fourth-order valence-corrected chi connectivity index (χ4v) is 4.43. The van der Waals surface area contributed by atoms with Gasteiger partial charge in [0.05, 0.1) is 5.69 Å². The van der Waals surface area contributed by atoms with Crippen LogP contribution in [-0.2, 0) is 11.2 Å². The van der Waals surface area contributed by atoms with Crippen molar-refractivity contribution in [1.29, 1.82) is 0 Å². The predicted octanol–water partition coefficient (Wildman–Crippen LogP) is 3.70. The quantitative estimate of drug-likeness (QED) is 0.825. The van der Waals surface area contributed by atoms with Gasteiger partial charge in [0.1, 0.15) is 0 Å². The minimum absolute atomic E-state index is 0.207. The number of aromatic nitrogens is 1. The molecule has 1 aromatic rings. The Kier molecular flexibility index (Phi) is 5.60. The van der Waals surface area contributed by atoms with E-state index in [-0.39, 0.29) is 10.7 Å². The van der Waals surface area contributed by atoms with Crippen molar-refractivity contribution in [3.8, 4) is 0 Å². The Balaban J connectivity index is 1.94. The van der Waals surface area contributed by atoms with Crippen LogP contribution < -0.4 is 0 Å². The first kappa shape index (κ1) is 16.7. The van der Waals surface area contributed by atoms with Crippen molar-refractivity contribution in [2.75, 3.05) is 18.8 Å². The number of aryl methyl sites for hydroxylation is 1. The lowest BCUT2D eigenvalue weighted by Crippen LogP contribution is -2.48. The van der Waals surface area contributed by atoms with E-state index < -0.39 is 0 Å². The lowest BCUT2D eigenvalue weighted by atomic mass is 10.0. The second kappa shape index (κ2) is 7.05. The Labute approximate surface area is 135 Å². The van der Waals surface area contributed by atoms with E-state index in [9.17, 15) is 4.79 Å². The minimum Gasteiger partial charge on any atom is -0.344 e. The second-order valence-corrected chi connectivity index (χ2v) is 7.48. The number of carbonyl (C=O) groups excluding carboxylic acids is 1. The number of halogens is 1. The summed E-state index contributed by atoms with van der Waals surface area (Å²) < 4.78 is 5.16. The number of thioether (sulfide) groups is 1. The molecule has 1 amide bonds. The highest BCUT2D eigenvalue weighted by Crippen LogP contribution is 2.36. The maximum atomic E-state index is 12.5. The van der Waals surface area contributed by atoms with Crippen molar-refractivity contribution in [2.45, 2.75) is 51.2 Å². The molecule has 2 heterocycles. The van der Waals surface area contributed by atoms with Crippen LogP contribution in [0.4, 0.5) is 0 Å². The fourth-order valence-electron chi connectivity index (χ4n) is 2.77. The lowest BCUT2D eigenvalue weighted by molar-refractivity contribution is -0.131. The number of hydrogen-bond acceptors (Lipinski definition) is 4. The first-order chi connectivity index (χ1) is 10.0. The van der Waals surface area contributed by atoms with Crippen LogP contribution in [0.25, 0.3) is 0 Å². The minimum atomic E-state index is 0.207. The molecule has 1 aromatic heterocycles. The third kappa shape index (κ3) is 3.75. The van der Waals surface area contributed by atoms with E-state index in [2.05, 4.69) is 19.0 Å². The van der Waals surface area contributed by atoms with Gasteiger partial charge in [-0.05, 0) is 37.8 Å². The van der Waals surface area contributed by atoms with Gasteiger partial charge in [-0.15, -0.1) is 0 Å². The number of carbonyl (C=O) groups is 1. The summed E-state index contributed by atoms with van der Waals surface area (Å²) in [6.45, 7) is 7.99. The van der Waals surface area contributed by atoms with E-state index in [0.29, 0.717) is 18.1 Å². The van der Waals surface area contributed by atoms with Crippen molar-refractivity contribution in [3.05, 3.63) is 16.5 Å². The molecule has 0 unspecified atom stereocenters. The molecule has 1 aliphatic heterocycles. The van der Waals surface area contributed by atoms with Crippen molar-refractivity contribution in [2.24, 2.45) is 0 Å². The molecule has 0 atom stereocenters. The Morgan fingerprint density at radius 1 is 1.48 bits per heavy atom. The molecule has 1 fully saturated rings. The summed E-state index contributed by atoms with van der Waals surface area (Å²) in [7, 11) is 0. The normalized spacial score (nSPS) is 18.0. The van der Waals surface area contributed by atoms with Crippen molar-refractivity contribution in [3.63, 3.8) is 0 Å². The lowest BCUT2D eigenvalue weighted by Gasteiger charge is -2.41. The maximum absolute atomic E-state index is 12.5. The Bertz CT molecular complexity index is 480. The smallest absolute Gasteiger partial charge is 0.229 e. The molecule has 0 bridgehead atoms. The van der Waals surface area contributed by atoms with Crippen LogP contribution in [0.5, 0.6) is 0 Å². The highest BCUT2D eigenvalue weighted by Gasteiger charge is 2.34. The molecule has 6 heteroatoms. The molecule has 0 aromatic carbocycles. The van der Waals surface area contributed by atoms with E-state index >= 15 is 0 Å². The van der Waals surface area contributed by atoms with Gasteiger partial charge in [-0.25, -0.2) is 0 Å². The topological polar surface area (TPSA) is 46.3 Å². The molecule has 1 saturated heterocycles. The Hall–Kier alpha value is -0.680. The van der Waals surface area contributed by atoms with E-state index in [4.69, 9.17) is 16.1 Å². The predicted molar refractivity (Wildman–Crippen MR) is 86.9 cm³/mol. The molecule has 0 saturated carbocycles. The zero-order valence-electron chi connectivity index (χ0n) is 12.9. The third-order valence-electron chi connectivity index (χ3n) is 4.42.